The summed E-state index contributed by atoms with van der Waals surface area (Å²) < 4.78 is 5.99. The highest BCUT2D eigenvalue weighted by molar-refractivity contribution is 6.18. The van der Waals surface area contributed by atoms with Gasteiger partial charge in [-0.3, -0.25) is 4.99 Å². The van der Waals surface area contributed by atoms with Crippen LogP contribution in [0.25, 0.3) is 12.2 Å². The Kier molecular flexibility index (Phi) is 7.25. The van der Waals surface area contributed by atoms with E-state index in [4.69, 9.17) is 9.73 Å². The van der Waals surface area contributed by atoms with Crippen LogP contribution in [0.2, 0.25) is 0 Å². The van der Waals surface area contributed by atoms with Gasteiger partial charge < -0.3 is 4.74 Å². The van der Waals surface area contributed by atoms with Crippen LogP contribution in [0.1, 0.15) is 77.6 Å². The second-order valence-electron chi connectivity index (χ2n) is 11.1. The van der Waals surface area contributed by atoms with Gasteiger partial charge in [0.1, 0.15) is 0 Å². The number of nitrogens with zero attached hydrogens (tertiary/aromatic N) is 1. The SMILES string of the molecule is CC(C)N=C1/C(=C/c2ccc(C(C)(C)C)cc2)COC/C1=C\c1ccc(C(C)(C)C)cc1. The van der Waals surface area contributed by atoms with Crippen LogP contribution in [0.15, 0.2) is 64.7 Å². The molecule has 0 N–H and O–H groups in total. The first kappa shape index (κ1) is 24.2. The van der Waals surface area contributed by atoms with Gasteiger partial charge in [-0.25, -0.2) is 0 Å². The maximum atomic E-state index is 5.99. The molecular weight excluding hydrogens is 390 g/mol. The molecule has 1 aliphatic heterocycles. The molecule has 2 aromatic rings. The van der Waals surface area contributed by atoms with E-state index < -0.39 is 0 Å². The fraction of sp³-hybridized carbons (Fsp3) is 0.433. The Morgan fingerprint density at radius 1 is 0.688 bits per heavy atom. The van der Waals surface area contributed by atoms with E-state index in [1.807, 2.05) is 0 Å². The van der Waals surface area contributed by atoms with Gasteiger partial charge in [0.25, 0.3) is 0 Å². The average molecular weight is 430 g/mol. The largest absolute Gasteiger partial charge is 0.372 e. The Morgan fingerprint density at radius 2 is 1.06 bits per heavy atom. The molecule has 1 fully saturated rings. The second-order valence-corrected chi connectivity index (χ2v) is 11.1. The van der Waals surface area contributed by atoms with Crippen LogP contribution in [-0.4, -0.2) is 25.0 Å². The minimum atomic E-state index is 0.155. The van der Waals surface area contributed by atoms with E-state index in [1.165, 1.54) is 22.3 Å². The highest BCUT2D eigenvalue weighted by Gasteiger charge is 2.20. The van der Waals surface area contributed by atoms with Crippen LogP contribution in [0.5, 0.6) is 0 Å². The van der Waals surface area contributed by atoms with Crippen molar-refractivity contribution in [2.75, 3.05) is 13.2 Å². The Bertz CT molecular complexity index is 927. The van der Waals surface area contributed by atoms with E-state index in [0.29, 0.717) is 13.2 Å². The number of hydrogen-bond acceptors (Lipinski definition) is 2. The van der Waals surface area contributed by atoms with E-state index in [9.17, 15) is 0 Å². The normalized spacial score (nSPS) is 18.0. The summed E-state index contributed by atoms with van der Waals surface area (Å²) in [5.41, 5.74) is 8.73. The third-order valence-electron chi connectivity index (χ3n) is 5.75. The summed E-state index contributed by atoms with van der Waals surface area (Å²) in [7, 11) is 0. The van der Waals surface area contributed by atoms with Crippen LogP contribution in [0.4, 0.5) is 0 Å². The molecule has 0 spiro atoms. The van der Waals surface area contributed by atoms with Gasteiger partial charge in [0.05, 0.1) is 18.9 Å². The maximum Gasteiger partial charge on any atom is 0.0742 e. The maximum absolute atomic E-state index is 5.99. The van der Waals surface area contributed by atoms with Crippen molar-refractivity contribution in [2.45, 2.75) is 72.3 Å². The molecule has 2 nitrogen and oxygen atoms in total. The summed E-state index contributed by atoms with van der Waals surface area (Å²) in [6.07, 6.45) is 4.45. The van der Waals surface area contributed by atoms with Gasteiger partial charge in [0, 0.05) is 17.2 Å². The van der Waals surface area contributed by atoms with E-state index in [1.54, 1.807) is 0 Å². The molecule has 0 bridgehead atoms. The molecule has 0 amide bonds. The van der Waals surface area contributed by atoms with Gasteiger partial charge in [-0.05, 0) is 59.1 Å². The molecule has 0 radical (unpaired) electrons. The Labute approximate surface area is 195 Å². The predicted molar refractivity (Wildman–Crippen MR) is 140 cm³/mol. The van der Waals surface area contributed by atoms with E-state index in [-0.39, 0.29) is 16.9 Å². The predicted octanol–water partition coefficient (Wildman–Crippen LogP) is 7.63. The molecule has 32 heavy (non-hydrogen) atoms. The second kappa shape index (κ2) is 9.58. The standard InChI is InChI=1S/C30H39NO/c1-21(2)31-28-24(17-22-9-13-26(14-10-22)29(3,4)5)19-32-20-25(28)18-23-11-15-27(16-12-23)30(6,7)8/h9-18,21H,19-20H2,1-8H3/b24-17+,25-18+. The highest BCUT2D eigenvalue weighted by atomic mass is 16.5. The summed E-state index contributed by atoms with van der Waals surface area (Å²) in [4.78, 5) is 5.01. The van der Waals surface area contributed by atoms with E-state index in [2.05, 4.69) is 116 Å². The van der Waals surface area contributed by atoms with Crippen LogP contribution >= 0.6 is 0 Å². The smallest absolute Gasteiger partial charge is 0.0742 e. The molecule has 1 aliphatic rings. The number of ether oxygens (including phenoxy) is 1. The van der Waals surface area contributed by atoms with Crippen molar-refractivity contribution >= 4 is 17.9 Å². The number of aliphatic imine (C=N–C) groups is 1. The highest BCUT2D eigenvalue weighted by Crippen LogP contribution is 2.26. The number of rotatable bonds is 3. The fourth-order valence-electron chi connectivity index (χ4n) is 3.82. The van der Waals surface area contributed by atoms with Gasteiger partial charge in [0.2, 0.25) is 0 Å². The number of hydrogen-bond donors (Lipinski definition) is 0. The lowest BCUT2D eigenvalue weighted by atomic mass is 9.86. The van der Waals surface area contributed by atoms with Gasteiger partial charge in [-0.2, -0.15) is 0 Å². The molecule has 0 unspecified atom stereocenters. The summed E-state index contributed by atoms with van der Waals surface area (Å²) in [6.45, 7) is 18.9. The third kappa shape index (κ3) is 6.29. The van der Waals surface area contributed by atoms with Crippen molar-refractivity contribution in [3.8, 4) is 0 Å². The zero-order valence-electron chi connectivity index (χ0n) is 21.1. The van der Waals surface area contributed by atoms with Gasteiger partial charge in [0.15, 0.2) is 0 Å². The Balaban J connectivity index is 1.95. The molecule has 170 valence electrons. The van der Waals surface area contributed by atoms with Crippen molar-refractivity contribution in [1.82, 2.24) is 0 Å². The topological polar surface area (TPSA) is 21.6 Å². The van der Waals surface area contributed by atoms with Gasteiger partial charge >= 0.3 is 0 Å². The van der Waals surface area contributed by atoms with Crippen LogP contribution in [-0.2, 0) is 15.6 Å². The summed E-state index contributed by atoms with van der Waals surface area (Å²) in [5.74, 6) is 0. The summed E-state index contributed by atoms with van der Waals surface area (Å²) in [5, 5.41) is 0. The minimum absolute atomic E-state index is 0.155. The van der Waals surface area contributed by atoms with Crippen LogP contribution in [0, 0.1) is 0 Å². The molecule has 0 saturated carbocycles. The number of benzene rings is 2. The molecule has 1 heterocycles. The monoisotopic (exact) mass is 429 g/mol. The van der Waals surface area contributed by atoms with Crippen LogP contribution < -0.4 is 0 Å². The van der Waals surface area contributed by atoms with Crippen molar-refractivity contribution < 1.29 is 4.74 Å². The van der Waals surface area contributed by atoms with Gasteiger partial charge in [-0.1, -0.05) is 90.1 Å². The van der Waals surface area contributed by atoms with Crippen molar-refractivity contribution in [2.24, 2.45) is 4.99 Å². The molecular formula is C30H39NO. The van der Waals surface area contributed by atoms with Gasteiger partial charge in [-0.15, -0.1) is 0 Å². The van der Waals surface area contributed by atoms with Crippen LogP contribution in [0.3, 0.4) is 0 Å². The van der Waals surface area contributed by atoms with Crippen molar-refractivity contribution in [3.63, 3.8) is 0 Å². The third-order valence-corrected chi connectivity index (χ3v) is 5.75. The molecule has 3 rings (SSSR count). The molecule has 0 atom stereocenters. The lowest BCUT2D eigenvalue weighted by molar-refractivity contribution is 0.181. The van der Waals surface area contributed by atoms with E-state index >= 15 is 0 Å². The van der Waals surface area contributed by atoms with Crippen molar-refractivity contribution in [3.05, 3.63) is 81.9 Å². The van der Waals surface area contributed by atoms with E-state index in [0.717, 1.165) is 16.9 Å². The Hall–Kier alpha value is -2.45. The quantitative estimate of drug-likeness (QED) is 0.491. The molecule has 0 aromatic heterocycles. The minimum Gasteiger partial charge on any atom is -0.372 e. The first-order chi connectivity index (χ1) is 14.9. The lowest BCUT2D eigenvalue weighted by Gasteiger charge is -2.23. The van der Waals surface area contributed by atoms with Crippen molar-refractivity contribution in [1.29, 1.82) is 0 Å². The zero-order valence-corrected chi connectivity index (χ0v) is 21.1. The molecule has 0 aliphatic carbocycles. The lowest BCUT2D eigenvalue weighted by Crippen LogP contribution is -2.23. The fourth-order valence-corrected chi connectivity index (χ4v) is 3.82. The molecule has 2 aromatic carbocycles. The summed E-state index contributed by atoms with van der Waals surface area (Å²) in [6, 6.07) is 17.9. The first-order valence-corrected chi connectivity index (χ1v) is 11.7. The first-order valence-electron chi connectivity index (χ1n) is 11.7. The average Bonchev–Trinajstić information content (AvgIpc) is 2.69. The Morgan fingerprint density at radius 3 is 1.38 bits per heavy atom. The molecule has 1 saturated heterocycles. The zero-order chi connectivity index (χ0) is 23.5. The summed E-state index contributed by atoms with van der Waals surface area (Å²) >= 11 is 0. The molecule has 2 heteroatoms.